The maximum Gasteiger partial charge on any atom is 0.164 e. The largest absolute Gasteiger partial charge is 0.353 e. The highest BCUT2D eigenvalue weighted by molar-refractivity contribution is 7.19. The molecule has 0 atom stereocenters. The van der Waals surface area contributed by atoms with Gasteiger partial charge in [-0.05, 0) is 48.9 Å². The Bertz CT molecular complexity index is 1210. The minimum absolute atomic E-state index is 0.797. The molecule has 3 aromatic heterocycles. The predicted octanol–water partition coefficient (Wildman–Crippen LogP) is 4.95. The molecule has 1 aliphatic heterocycles. The molecule has 0 bridgehead atoms. The van der Waals surface area contributed by atoms with Gasteiger partial charge in [0, 0.05) is 55.6 Å². The van der Waals surface area contributed by atoms with Crippen molar-refractivity contribution < 1.29 is 0 Å². The molecule has 5 nitrogen and oxygen atoms in total. The first-order valence-corrected chi connectivity index (χ1v) is 12.4. The highest BCUT2D eigenvalue weighted by atomic mass is 32.1. The molecule has 6 rings (SSSR count). The van der Waals surface area contributed by atoms with Gasteiger partial charge in [0.05, 0.1) is 5.39 Å². The molecule has 1 saturated heterocycles. The van der Waals surface area contributed by atoms with Crippen LogP contribution in [-0.4, -0.2) is 46.0 Å². The fourth-order valence-corrected chi connectivity index (χ4v) is 6.21. The Labute approximate surface area is 192 Å². The average molecular weight is 442 g/mol. The number of rotatable bonds is 4. The Morgan fingerprint density at radius 2 is 1.72 bits per heavy atom. The van der Waals surface area contributed by atoms with Crippen LogP contribution in [0.2, 0.25) is 0 Å². The maximum absolute atomic E-state index is 5.15. The minimum Gasteiger partial charge on any atom is -0.353 e. The van der Waals surface area contributed by atoms with E-state index in [9.17, 15) is 0 Å². The van der Waals surface area contributed by atoms with Crippen molar-refractivity contribution >= 4 is 27.4 Å². The molecule has 1 aliphatic carbocycles. The zero-order chi connectivity index (χ0) is 21.3. The summed E-state index contributed by atoms with van der Waals surface area (Å²) in [6, 6.07) is 14.8. The third kappa shape index (κ3) is 3.78. The number of thiophene rings is 1. The highest BCUT2D eigenvalue weighted by Gasteiger charge is 2.26. The summed E-state index contributed by atoms with van der Waals surface area (Å²) in [7, 11) is 0. The van der Waals surface area contributed by atoms with Gasteiger partial charge in [0.2, 0.25) is 0 Å². The number of aryl methyl sites for hydroxylation is 2. The average Bonchev–Trinajstić information content (AvgIpc) is 3.24. The lowest BCUT2D eigenvalue weighted by atomic mass is 9.96. The van der Waals surface area contributed by atoms with Crippen molar-refractivity contribution in [3.63, 3.8) is 0 Å². The van der Waals surface area contributed by atoms with Gasteiger partial charge in [-0.2, -0.15) is 0 Å². The molecule has 0 saturated carbocycles. The molecule has 6 heteroatoms. The van der Waals surface area contributed by atoms with Crippen LogP contribution in [0.3, 0.4) is 0 Å². The third-order valence-electron chi connectivity index (χ3n) is 6.64. The van der Waals surface area contributed by atoms with E-state index in [1.807, 2.05) is 23.6 Å². The summed E-state index contributed by atoms with van der Waals surface area (Å²) in [6.45, 7) is 5.11. The number of hydrogen-bond donors (Lipinski definition) is 0. The van der Waals surface area contributed by atoms with Crippen molar-refractivity contribution in [2.24, 2.45) is 0 Å². The van der Waals surface area contributed by atoms with Crippen LogP contribution < -0.4 is 4.90 Å². The molecule has 1 aromatic carbocycles. The van der Waals surface area contributed by atoms with Gasteiger partial charge < -0.3 is 4.90 Å². The number of anilines is 1. The summed E-state index contributed by atoms with van der Waals surface area (Å²) < 4.78 is 0. The second kappa shape index (κ2) is 8.60. The lowest BCUT2D eigenvalue weighted by Crippen LogP contribution is -2.46. The summed E-state index contributed by atoms with van der Waals surface area (Å²) in [6.07, 6.45) is 8.58. The van der Waals surface area contributed by atoms with Crippen LogP contribution >= 0.6 is 11.3 Å². The van der Waals surface area contributed by atoms with E-state index < -0.39 is 0 Å². The fraction of sp³-hybridized carbons (Fsp3) is 0.346. The molecule has 4 heterocycles. The molecule has 0 unspecified atom stereocenters. The van der Waals surface area contributed by atoms with Crippen molar-refractivity contribution in [1.82, 2.24) is 19.9 Å². The van der Waals surface area contributed by atoms with Gasteiger partial charge in [-0.25, -0.2) is 9.97 Å². The number of hydrogen-bond acceptors (Lipinski definition) is 6. The molecule has 0 radical (unpaired) electrons. The van der Waals surface area contributed by atoms with E-state index in [-0.39, 0.29) is 0 Å². The summed E-state index contributed by atoms with van der Waals surface area (Å²) in [5.41, 5.74) is 3.89. The molecular weight excluding hydrogens is 414 g/mol. The second-order valence-electron chi connectivity index (χ2n) is 8.75. The van der Waals surface area contributed by atoms with Crippen molar-refractivity contribution in [2.45, 2.75) is 32.2 Å². The Balaban J connectivity index is 1.34. The fourth-order valence-electron chi connectivity index (χ4n) is 4.95. The molecule has 0 N–H and O–H groups in total. The van der Waals surface area contributed by atoms with E-state index in [1.165, 1.54) is 40.7 Å². The maximum atomic E-state index is 5.15. The van der Waals surface area contributed by atoms with Crippen LogP contribution in [0.4, 0.5) is 5.82 Å². The molecule has 0 spiro atoms. The van der Waals surface area contributed by atoms with Gasteiger partial charge >= 0.3 is 0 Å². The molecule has 0 amide bonds. The summed E-state index contributed by atoms with van der Waals surface area (Å²) >= 11 is 1.88. The number of piperazine rings is 1. The van der Waals surface area contributed by atoms with Crippen LogP contribution in [0, 0.1) is 0 Å². The molecule has 162 valence electrons. The molecule has 2 aliphatic rings. The Kier molecular flexibility index (Phi) is 5.33. The van der Waals surface area contributed by atoms with Crippen molar-refractivity contribution in [3.8, 4) is 11.4 Å². The number of aromatic nitrogens is 3. The van der Waals surface area contributed by atoms with Gasteiger partial charge in [-0.15, -0.1) is 11.3 Å². The normalized spacial score (nSPS) is 16.9. The van der Waals surface area contributed by atoms with Crippen molar-refractivity contribution in [1.29, 1.82) is 0 Å². The summed E-state index contributed by atoms with van der Waals surface area (Å²) in [5.74, 6) is 1.93. The second-order valence-corrected chi connectivity index (χ2v) is 9.84. The van der Waals surface area contributed by atoms with Crippen LogP contribution in [-0.2, 0) is 19.4 Å². The first-order valence-electron chi connectivity index (χ1n) is 11.6. The number of pyridine rings is 1. The van der Waals surface area contributed by atoms with E-state index in [0.29, 0.717) is 0 Å². The number of fused-ring (bicyclic) bond motifs is 3. The van der Waals surface area contributed by atoms with E-state index in [0.717, 1.165) is 61.2 Å². The monoisotopic (exact) mass is 441 g/mol. The SMILES string of the molecule is c1ccc(CN2CCN(c3nc(-c4cccnc4)nc4sc5c(c34)CCCC5)CC2)cc1. The van der Waals surface area contributed by atoms with Gasteiger partial charge in [0.15, 0.2) is 5.82 Å². The number of benzene rings is 1. The first kappa shape index (κ1) is 19.8. The van der Waals surface area contributed by atoms with E-state index in [2.05, 4.69) is 51.2 Å². The molecule has 4 aromatic rings. The minimum atomic E-state index is 0.797. The quantitative estimate of drug-likeness (QED) is 0.448. The standard InChI is InChI=1S/C26H27N5S/c1-2-7-19(8-3-1)18-30-13-15-31(16-14-30)25-23-21-10-4-5-11-22(21)32-26(23)29-24(28-25)20-9-6-12-27-17-20/h1-3,6-9,12,17H,4-5,10-11,13-16,18H2. The van der Waals surface area contributed by atoms with Gasteiger partial charge in [-0.1, -0.05) is 30.3 Å². The lowest BCUT2D eigenvalue weighted by molar-refractivity contribution is 0.249. The van der Waals surface area contributed by atoms with Gasteiger partial charge in [0.1, 0.15) is 10.6 Å². The van der Waals surface area contributed by atoms with Crippen molar-refractivity contribution in [2.75, 3.05) is 31.1 Å². The predicted molar refractivity (Wildman–Crippen MR) is 131 cm³/mol. The van der Waals surface area contributed by atoms with E-state index >= 15 is 0 Å². The van der Waals surface area contributed by atoms with Crippen molar-refractivity contribution in [3.05, 3.63) is 70.9 Å². The lowest BCUT2D eigenvalue weighted by Gasteiger charge is -2.36. The van der Waals surface area contributed by atoms with Gasteiger partial charge in [0.25, 0.3) is 0 Å². The first-order chi connectivity index (χ1) is 15.8. The van der Waals surface area contributed by atoms with Gasteiger partial charge in [-0.3, -0.25) is 9.88 Å². The topological polar surface area (TPSA) is 45.2 Å². The Hall–Kier alpha value is -2.83. The van der Waals surface area contributed by atoms with E-state index in [1.54, 1.807) is 6.20 Å². The number of nitrogens with zero attached hydrogens (tertiary/aromatic N) is 5. The smallest absolute Gasteiger partial charge is 0.164 e. The Morgan fingerprint density at radius 1 is 0.875 bits per heavy atom. The van der Waals surface area contributed by atoms with Crippen LogP contribution in [0.15, 0.2) is 54.9 Å². The molecule has 32 heavy (non-hydrogen) atoms. The molecular formula is C26H27N5S. The Morgan fingerprint density at radius 3 is 2.53 bits per heavy atom. The van der Waals surface area contributed by atoms with Crippen LogP contribution in [0.5, 0.6) is 0 Å². The molecule has 1 fully saturated rings. The summed E-state index contributed by atoms with van der Waals surface area (Å²) in [5, 5.41) is 1.31. The highest BCUT2D eigenvalue weighted by Crippen LogP contribution is 2.41. The van der Waals surface area contributed by atoms with Crippen LogP contribution in [0.25, 0.3) is 21.6 Å². The zero-order valence-corrected chi connectivity index (χ0v) is 19.0. The van der Waals surface area contributed by atoms with Crippen LogP contribution in [0.1, 0.15) is 28.8 Å². The summed E-state index contributed by atoms with van der Waals surface area (Å²) in [4.78, 5) is 22.2. The zero-order valence-electron chi connectivity index (χ0n) is 18.2. The van der Waals surface area contributed by atoms with E-state index in [4.69, 9.17) is 9.97 Å². The third-order valence-corrected chi connectivity index (χ3v) is 7.82.